The summed E-state index contributed by atoms with van der Waals surface area (Å²) in [6, 6.07) is 2.00. The van der Waals surface area contributed by atoms with Crippen molar-refractivity contribution in [3.63, 3.8) is 0 Å². The van der Waals surface area contributed by atoms with Gasteiger partial charge in [0.25, 0.3) is 0 Å². The van der Waals surface area contributed by atoms with Crippen LogP contribution in [0.5, 0.6) is 0 Å². The summed E-state index contributed by atoms with van der Waals surface area (Å²) < 4.78 is 0. The highest BCUT2D eigenvalue weighted by Crippen LogP contribution is 2.33. The highest BCUT2D eigenvalue weighted by Gasteiger charge is 2.20. The van der Waals surface area contributed by atoms with E-state index in [1.165, 1.54) is 19.3 Å². The van der Waals surface area contributed by atoms with Crippen molar-refractivity contribution in [3.05, 3.63) is 24.4 Å². The SMILES string of the molecule is [CH](CC1CC1)c1cc[nH]n1. The van der Waals surface area contributed by atoms with Crippen molar-refractivity contribution >= 4 is 0 Å². The highest BCUT2D eigenvalue weighted by molar-refractivity contribution is 5.09. The summed E-state index contributed by atoms with van der Waals surface area (Å²) in [6.45, 7) is 0. The van der Waals surface area contributed by atoms with Gasteiger partial charge in [0, 0.05) is 12.6 Å². The van der Waals surface area contributed by atoms with E-state index >= 15 is 0 Å². The van der Waals surface area contributed by atoms with Gasteiger partial charge in [0.15, 0.2) is 0 Å². The van der Waals surface area contributed by atoms with E-state index in [1.54, 1.807) is 0 Å². The van der Waals surface area contributed by atoms with E-state index in [2.05, 4.69) is 16.6 Å². The summed E-state index contributed by atoms with van der Waals surface area (Å²) in [4.78, 5) is 0. The Labute approximate surface area is 60.6 Å². The molecule has 0 bridgehead atoms. The number of H-pyrrole nitrogens is 1. The van der Waals surface area contributed by atoms with E-state index in [1.807, 2.05) is 12.3 Å². The van der Waals surface area contributed by atoms with Gasteiger partial charge in [-0.15, -0.1) is 0 Å². The van der Waals surface area contributed by atoms with E-state index in [4.69, 9.17) is 0 Å². The molecule has 0 amide bonds. The molecule has 0 spiro atoms. The van der Waals surface area contributed by atoms with Crippen LogP contribution in [-0.2, 0) is 0 Å². The molecule has 1 saturated carbocycles. The second-order valence-corrected chi connectivity index (χ2v) is 2.88. The monoisotopic (exact) mass is 135 g/mol. The van der Waals surface area contributed by atoms with Gasteiger partial charge >= 0.3 is 0 Å². The van der Waals surface area contributed by atoms with E-state index in [0.717, 1.165) is 11.6 Å². The molecular weight excluding hydrogens is 124 g/mol. The molecule has 10 heavy (non-hydrogen) atoms. The van der Waals surface area contributed by atoms with Crippen LogP contribution in [0, 0.1) is 12.3 Å². The molecule has 0 aliphatic heterocycles. The van der Waals surface area contributed by atoms with E-state index in [-0.39, 0.29) is 0 Å². The van der Waals surface area contributed by atoms with E-state index in [0.29, 0.717) is 0 Å². The van der Waals surface area contributed by atoms with Crippen LogP contribution in [0.15, 0.2) is 12.3 Å². The number of hydrogen-bond acceptors (Lipinski definition) is 1. The molecular formula is C8H11N2. The topological polar surface area (TPSA) is 28.7 Å². The highest BCUT2D eigenvalue weighted by atomic mass is 15.1. The Balaban J connectivity index is 1.79. The standard InChI is InChI=1S/C8H11N2/c1-2-7(1)3-4-8-5-6-9-10-8/h4-7H,1-3H2,(H,9,10). The van der Waals surface area contributed by atoms with Crippen molar-refractivity contribution in [1.82, 2.24) is 10.2 Å². The van der Waals surface area contributed by atoms with Gasteiger partial charge in [0.05, 0.1) is 5.69 Å². The predicted molar refractivity (Wildman–Crippen MR) is 39.3 cm³/mol. The number of hydrogen-bond donors (Lipinski definition) is 1. The maximum Gasteiger partial charge on any atom is 0.0659 e. The van der Waals surface area contributed by atoms with Crippen molar-refractivity contribution in [2.24, 2.45) is 5.92 Å². The van der Waals surface area contributed by atoms with Gasteiger partial charge in [-0.1, -0.05) is 12.8 Å². The van der Waals surface area contributed by atoms with Crippen LogP contribution in [-0.4, -0.2) is 10.2 Å². The third-order valence-corrected chi connectivity index (χ3v) is 1.88. The number of rotatable bonds is 3. The first-order chi connectivity index (χ1) is 4.95. The minimum Gasteiger partial charge on any atom is -0.285 e. The summed E-state index contributed by atoms with van der Waals surface area (Å²) in [5.74, 6) is 0.969. The summed E-state index contributed by atoms with van der Waals surface area (Å²) in [6.07, 6.45) is 8.11. The molecule has 1 radical (unpaired) electrons. The summed E-state index contributed by atoms with van der Waals surface area (Å²) in [5, 5.41) is 6.83. The molecule has 2 rings (SSSR count). The minimum atomic E-state index is 0.969. The van der Waals surface area contributed by atoms with Crippen LogP contribution in [0.3, 0.4) is 0 Å². The van der Waals surface area contributed by atoms with Crippen molar-refractivity contribution in [3.8, 4) is 0 Å². The molecule has 1 aromatic rings. The summed E-state index contributed by atoms with van der Waals surface area (Å²) >= 11 is 0. The molecule has 0 unspecified atom stereocenters. The Morgan fingerprint density at radius 2 is 2.60 bits per heavy atom. The van der Waals surface area contributed by atoms with E-state index < -0.39 is 0 Å². The number of nitrogens with one attached hydrogen (secondary N) is 1. The second kappa shape index (κ2) is 2.45. The molecule has 1 fully saturated rings. The van der Waals surface area contributed by atoms with Crippen LogP contribution in [0.25, 0.3) is 0 Å². The molecule has 1 aliphatic carbocycles. The summed E-state index contributed by atoms with van der Waals surface area (Å²) in [7, 11) is 0. The van der Waals surface area contributed by atoms with Crippen LogP contribution in [0.2, 0.25) is 0 Å². The zero-order chi connectivity index (χ0) is 6.81. The fourth-order valence-electron chi connectivity index (χ4n) is 1.03. The molecule has 1 aliphatic rings. The average Bonchev–Trinajstić information content (AvgIpc) is 2.63. The maximum absolute atomic E-state index is 4.04. The lowest BCUT2D eigenvalue weighted by molar-refractivity contribution is 0.815. The fraction of sp³-hybridized carbons (Fsp3) is 0.500. The third-order valence-electron chi connectivity index (χ3n) is 1.88. The Bertz CT molecular complexity index is 187. The average molecular weight is 135 g/mol. The summed E-state index contributed by atoms with van der Waals surface area (Å²) in [5.41, 5.74) is 1.09. The molecule has 2 heteroatoms. The van der Waals surface area contributed by atoms with Crippen LogP contribution < -0.4 is 0 Å². The van der Waals surface area contributed by atoms with E-state index in [9.17, 15) is 0 Å². The Morgan fingerprint density at radius 1 is 1.70 bits per heavy atom. The first-order valence-corrected chi connectivity index (χ1v) is 3.78. The molecule has 0 aromatic carbocycles. The second-order valence-electron chi connectivity index (χ2n) is 2.88. The Hall–Kier alpha value is -0.790. The fourth-order valence-corrected chi connectivity index (χ4v) is 1.03. The number of aromatic nitrogens is 2. The first-order valence-electron chi connectivity index (χ1n) is 3.78. The van der Waals surface area contributed by atoms with Crippen LogP contribution >= 0.6 is 0 Å². The van der Waals surface area contributed by atoms with Gasteiger partial charge in [0.2, 0.25) is 0 Å². The zero-order valence-electron chi connectivity index (χ0n) is 5.88. The van der Waals surface area contributed by atoms with Gasteiger partial charge in [0.1, 0.15) is 0 Å². The van der Waals surface area contributed by atoms with Gasteiger partial charge in [-0.05, 0) is 18.4 Å². The minimum absolute atomic E-state index is 0.969. The normalized spacial score (nSPS) is 17.6. The molecule has 1 heterocycles. The molecule has 1 aromatic heterocycles. The lowest BCUT2D eigenvalue weighted by atomic mass is 10.2. The van der Waals surface area contributed by atoms with Crippen molar-refractivity contribution < 1.29 is 0 Å². The number of aromatic amines is 1. The van der Waals surface area contributed by atoms with Crippen molar-refractivity contribution in [2.45, 2.75) is 19.3 Å². The molecule has 1 N–H and O–H groups in total. The van der Waals surface area contributed by atoms with Crippen molar-refractivity contribution in [1.29, 1.82) is 0 Å². The van der Waals surface area contributed by atoms with Gasteiger partial charge in [-0.2, -0.15) is 5.10 Å². The molecule has 0 atom stereocenters. The Morgan fingerprint density at radius 3 is 3.20 bits per heavy atom. The van der Waals surface area contributed by atoms with Crippen molar-refractivity contribution in [2.75, 3.05) is 0 Å². The molecule has 2 nitrogen and oxygen atoms in total. The quantitative estimate of drug-likeness (QED) is 0.672. The molecule has 53 valence electrons. The van der Waals surface area contributed by atoms with Gasteiger partial charge in [-0.25, -0.2) is 0 Å². The third kappa shape index (κ3) is 1.38. The number of nitrogens with zero attached hydrogens (tertiary/aromatic N) is 1. The van der Waals surface area contributed by atoms with Gasteiger partial charge < -0.3 is 0 Å². The lowest BCUT2D eigenvalue weighted by Crippen LogP contribution is -1.83. The molecule has 0 saturated heterocycles. The predicted octanol–water partition coefficient (Wildman–Crippen LogP) is 1.76. The van der Waals surface area contributed by atoms with Crippen LogP contribution in [0.4, 0.5) is 0 Å². The maximum atomic E-state index is 4.04. The lowest BCUT2D eigenvalue weighted by Gasteiger charge is -1.90. The zero-order valence-corrected chi connectivity index (χ0v) is 5.88. The van der Waals surface area contributed by atoms with Gasteiger partial charge in [-0.3, -0.25) is 5.10 Å². The smallest absolute Gasteiger partial charge is 0.0659 e. The van der Waals surface area contributed by atoms with Crippen LogP contribution in [0.1, 0.15) is 25.0 Å². The first kappa shape index (κ1) is 5.96. The Kier molecular flexibility index (Phi) is 1.46. The largest absolute Gasteiger partial charge is 0.285 e.